The molecule has 8 nitrogen and oxygen atoms in total. The van der Waals surface area contributed by atoms with Gasteiger partial charge in [-0.2, -0.15) is 0 Å². The van der Waals surface area contributed by atoms with Crippen molar-refractivity contribution in [2.75, 3.05) is 5.32 Å². The van der Waals surface area contributed by atoms with Crippen LogP contribution in [0.1, 0.15) is 83.3 Å². The van der Waals surface area contributed by atoms with Crippen molar-refractivity contribution in [3.05, 3.63) is 11.8 Å². The highest BCUT2D eigenvalue weighted by molar-refractivity contribution is 6.12. The molecule has 3 rings (SSSR count). The van der Waals surface area contributed by atoms with Gasteiger partial charge in [-0.05, 0) is 50.9 Å². The van der Waals surface area contributed by atoms with Crippen molar-refractivity contribution in [2.24, 2.45) is 16.7 Å². The van der Waals surface area contributed by atoms with Crippen LogP contribution in [0, 0.1) is 23.7 Å². The number of nitrogens with one attached hydrogen (secondary N) is 2. The lowest BCUT2D eigenvalue weighted by Gasteiger charge is -2.32. The van der Waals surface area contributed by atoms with Crippen LogP contribution in [-0.4, -0.2) is 28.0 Å². The highest BCUT2D eigenvalue weighted by Crippen LogP contribution is 2.59. The molecule has 0 saturated heterocycles. The lowest BCUT2D eigenvalue weighted by atomic mass is 9.70. The molecule has 1 aromatic heterocycles. The standard InChI is InChI=1S/C22H33N3O5/c1-3-4-7-16(13-18(26)24-29)19(27)22(11-10-21(14-22)8-5-6-9-21)20(28)23-17-12-15(2)30-25-17/h12,16,29H,3-11,13-14H2,1-2H3,(H,24,26)(H,23,25,28). The molecule has 0 aromatic carbocycles. The van der Waals surface area contributed by atoms with Crippen molar-refractivity contribution in [2.45, 2.75) is 84.5 Å². The number of amides is 2. The summed E-state index contributed by atoms with van der Waals surface area (Å²) in [5, 5.41) is 15.6. The number of carbonyl (C=O) groups is 3. The Morgan fingerprint density at radius 3 is 2.57 bits per heavy atom. The summed E-state index contributed by atoms with van der Waals surface area (Å²) in [5.74, 6) is -0.851. The maximum Gasteiger partial charge on any atom is 0.244 e. The normalized spacial score (nSPS) is 23.4. The van der Waals surface area contributed by atoms with Gasteiger partial charge in [0, 0.05) is 18.4 Å². The number of unbranched alkanes of at least 4 members (excludes halogenated alkanes) is 1. The first-order valence-corrected chi connectivity index (χ1v) is 11.1. The SMILES string of the molecule is CCCCC(CC(=O)NO)C(=O)C1(C(=O)Nc2cc(C)on2)CCC2(CCCC2)C1. The average Bonchev–Trinajstić information content (AvgIpc) is 3.46. The molecular weight excluding hydrogens is 386 g/mol. The van der Waals surface area contributed by atoms with E-state index in [1.54, 1.807) is 18.5 Å². The van der Waals surface area contributed by atoms with E-state index in [2.05, 4.69) is 10.5 Å². The fourth-order valence-electron chi connectivity index (χ4n) is 5.46. The molecule has 30 heavy (non-hydrogen) atoms. The molecule has 1 spiro atoms. The monoisotopic (exact) mass is 419 g/mol. The van der Waals surface area contributed by atoms with Gasteiger partial charge >= 0.3 is 0 Å². The number of hydroxylamine groups is 1. The van der Waals surface area contributed by atoms with Gasteiger partial charge in [0.1, 0.15) is 11.2 Å². The van der Waals surface area contributed by atoms with Crippen molar-refractivity contribution >= 4 is 23.4 Å². The molecule has 2 saturated carbocycles. The Balaban J connectivity index is 1.90. The van der Waals surface area contributed by atoms with Crippen molar-refractivity contribution in [3.8, 4) is 0 Å². The fourth-order valence-corrected chi connectivity index (χ4v) is 5.46. The van der Waals surface area contributed by atoms with Crippen molar-refractivity contribution < 1.29 is 24.1 Å². The van der Waals surface area contributed by atoms with E-state index < -0.39 is 17.2 Å². The lowest BCUT2D eigenvalue weighted by molar-refractivity contribution is -0.145. The maximum atomic E-state index is 13.8. The summed E-state index contributed by atoms with van der Waals surface area (Å²) >= 11 is 0. The average molecular weight is 420 g/mol. The summed E-state index contributed by atoms with van der Waals surface area (Å²) < 4.78 is 5.05. The highest BCUT2D eigenvalue weighted by Gasteiger charge is 2.58. The predicted molar refractivity (Wildman–Crippen MR) is 110 cm³/mol. The molecule has 1 heterocycles. The smallest absolute Gasteiger partial charge is 0.244 e. The van der Waals surface area contributed by atoms with E-state index in [0.29, 0.717) is 30.8 Å². The number of Topliss-reactive ketones (excluding diaryl/α,β-unsaturated/α-hetero) is 1. The van der Waals surface area contributed by atoms with Crippen LogP contribution in [-0.2, 0) is 14.4 Å². The number of nitrogens with zero attached hydrogens (tertiary/aromatic N) is 1. The molecule has 1 aromatic rings. The molecule has 2 aliphatic rings. The summed E-state index contributed by atoms with van der Waals surface area (Å²) in [7, 11) is 0. The Morgan fingerprint density at radius 2 is 1.97 bits per heavy atom. The first kappa shape index (κ1) is 22.5. The molecule has 2 aliphatic carbocycles. The van der Waals surface area contributed by atoms with Gasteiger partial charge in [0.05, 0.1) is 0 Å². The third kappa shape index (κ3) is 4.58. The highest BCUT2D eigenvalue weighted by atomic mass is 16.5. The van der Waals surface area contributed by atoms with Crippen LogP contribution >= 0.6 is 0 Å². The van der Waals surface area contributed by atoms with Gasteiger partial charge in [-0.3, -0.25) is 19.6 Å². The number of carbonyl (C=O) groups excluding carboxylic acids is 3. The van der Waals surface area contributed by atoms with E-state index in [4.69, 9.17) is 9.73 Å². The van der Waals surface area contributed by atoms with Crippen LogP contribution in [0.2, 0.25) is 0 Å². The van der Waals surface area contributed by atoms with Gasteiger partial charge < -0.3 is 9.84 Å². The first-order valence-electron chi connectivity index (χ1n) is 11.1. The number of aryl methyl sites for hydroxylation is 1. The molecule has 0 aliphatic heterocycles. The van der Waals surface area contributed by atoms with Crippen molar-refractivity contribution in [1.82, 2.24) is 10.6 Å². The lowest BCUT2D eigenvalue weighted by Crippen LogP contribution is -2.46. The minimum atomic E-state index is -1.18. The van der Waals surface area contributed by atoms with Gasteiger partial charge in [-0.15, -0.1) is 0 Å². The first-order chi connectivity index (χ1) is 14.3. The Hall–Kier alpha value is -2.22. The quantitative estimate of drug-likeness (QED) is 0.317. The zero-order chi connectivity index (χ0) is 21.8. The molecule has 166 valence electrons. The Kier molecular flexibility index (Phi) is 6.95. The predicted octanol–water partition coefficient (Wildman–Crippen LogP) is 3.92. The number of anilines is 1. The molecule has 2 unspecified atom stereocenters. The zero-order valence-corrected chi connectivity index (χ0v) is 18.0. The van der Waals surface area contributed by atoms with E-state index >= 15 is 0 Å². The van der Waals surface area contributed by atoms with Gasteiger partial charge in [-0.1, -0.05) is 37.8 Å². The van der Waals surface area contributed by atoms with E-state index in [1.807, 2.05) is 6.92 Å². The molecule has 0 bridgehead atoms. The van der Waals surface area contributed by atoms with Crippen LogP contribution in [0.25, 0.3) is 0 Å². The Labute approximate surface area is 177 Å². The van der Waals surface area contributed by atoms with E-state index in [-0.39, 0.29) is 23.5 Å². The van der Waals surface area contributed by atoms with Crippen molar-refractivity contribution in [3.63, 3.8) is 0 Å². The molecule has 2 amide bonds. The summed E-state index contributed by atoms with van der Waals surface area (Å²) in [6.45, 7) is 3.76. The minimum Gasteiger partial charge on any atom is -0.360 e. The van der Waals surface area contributed by atoms with Crippen molar-refractivity contribution in [1.29, 1.82) is 0 Å². The topological polar surface area (TPSA) is 122 Å². The third-order valence-corrected chi connectivity index (χ3v) is 7.03. The molecule has 0 radical (unpaired) electrons. The van der Waals surface area contributed by atoms with Crippen LogP contribution in [0.5, 0.6) is 0 Å². The molecule has 3 N–H and O–H groups in total. The maximum absolute atomic E-state index is 13.8. The van der Waals surface area contributed by atoms with Crippen LogP contribution < -0.4 is 10.8 Å². The Morgan fingerprint density at radius 1 is 1.23 bits per heavy atom. The van der Waals surface area contributed by atoms with Gasteiger partial charge in [-0.25, -0.2) is 5.48 Å². The molecule has 2 fully saturated rings. The van der Waals surface area contributed by atoms with Gasteiger partial charge in [0.2, 0.25) is 11.8 Å². The van der Waals surface area contributed by atoms with E-state index in [1.165, 1.54) is 0 Å². The summed E-state index contributed by atoms with van der Waals surface area (Å²) in [6, 6.07) is 1.63. The number of hydrogen-bond donors (Lipinski definition) is 3. The number of ketones is 1. The second-order valence-electron chi connectivity index (χ2n) is 9.19. The second-order valence-corrected chi connectivity index (χ2v) is 9.19. The van der Waals surface area contributed by atoms with Gasteiger partial charge in [0.25, 0.3) is 0 Å². The van der Waals surface area contributed by atoms with Crippen LogP contribution in [0.15, 0.2) is 10.6 Å². The van der Waals surface area contributed by atoms with E-state index in [9.17, 15) is 14.4 Å². The number of aromatic nitrogens is 1. The summed E-state index contributed by atoms with van der Waals surface area (Å²) in [6.07, 6.45) is 8.24. The zero-order valence-electron chi connectivity index (χ0n) is 18.0. The van der Waals surface area contributed by atoms with Crippen LogP contribution in [0.4, 0.5) is 5.82 Å². The van der Waals surface area contributed by atoms with Crippen LogP contribution in [0.3, 0.4) is 0 Å². The third-order valence-electron chi connectivity index (χ3n) is 7.03. The molecule has 8 heteroatoms. The minimum absolute atomic E-state index is 0.0291. The summed E-state index contributed by atoms with van der Waals surface area (Å²) in [5.41, 5.74) is 0.490. The second kappa shape index (κ2) is 9.29. The number of hydrogen-bond acceptors (Lipinski definition) is 6. The molecular formula is C22H33N3O5. The molecule has 2 atom stereocenters. The van der Waals surface area contributed by atoms with E-state index in [0.717, 1.165) is 44.9 Å². The number of rotatable bonds is 9. The fraction of sp³-hybridized carbons (Fsp3) is 0.727. The van der Waals surface area contributed by atoms with Gasteiger partial charge in [0.15, 0.2) is 11.6 Å². The summed E-state index contributed by atoms with van der Waals surface area (Å²) in [4.78, 5) is 39.2. The largest absolute Gasteiger partial charge is 0.360 e. The Bertz CT molecular complexity index is 783.